The van der Waals surface area contributed by atoms with Crippen LogP contribution in [0.5, 0.6) is 5.75 Å². The number of amides is 3. The first-order chi connectivity index (χ1) is 17.4. The normalized spacial score (nSPS) is 18.9. The average Bonchev–Trinajstić information content (AvgIpc) is 3.67. The second-order valence-corrected chi connectivity index (χ2v) is 11.7. The van der Waals surface area contributed by atoms with Crippen LogP contribution in [0.15, 0.2) is 18.2 Å². The molecule has 0 bridgehead atoms. The van der Waals surface area contributed by atoms with Crippen LogP contribution in [0.1, 0.15) is 103 Å². The van der Waals surface area contributed by atoms with Crippen LogP contribution < -0.4 is 10.6 Å². The fourth-order valence-electron chi connectivity index (χ4n) is 5.00. The molecule has 3 amide bonds. The predicted octanol–water partition coefficient (Wildman–Crippen LogP) is 5.12. The van der Waals surface area contributed by atoms with Crippen LogP contribution in [0.2, 0.25) is 0 Å². The van der Waals surface area contributed by atoms with Crippen molar-refractivity contribution in [3.8, 4) is 5.75 Å². The van der Waals surface area contributed by atoms with Gasteiger partial charge in [-0.2, -0.15) is 0 Å². The highest BCUT2D eigenvalue weighted by atomic mass is 16.6. The average molecular weight is 516 g/mol. The number of hydrogen-bond acceptors (Lipinski definition) is 5. The number of aromatic hydroxyl groups is 1. The second kappa shape index (κ2) is 12.2. The van der Waals surface area contributed by atoms with Gasteiger partial charge >= 0.3 is 6.09 Å². The molecular weight excluding hydrogens is 470 g/mol. The second-order valence-electron chi connectivity index (χ2n) is 11.7. The number of ether oxygens (including phenoxy) is 1. The lowest BCUT2D eigenvalue weighted by Gasteiger charge is -2.37. The minimum Gasteiger partial charge on any atom is -0.507 e. The van der Waals surface area contributed by atoms with Crippen molar-refractivity contribution >= 4 is 17.9 Å². The van der Waals surface area contributed by atoms with E-state index < -0.39 is 23.8 Å². The number of rotatable bonds is 9. The predicted molar refractivity (Wildman–Crippen MR) is 143 cm³/mol. The van der Waals surface area contributed by atoms with Gasteiger partial charge in [-0.05, 0) is 64.9 Å². The van der Waals surface area contributed by atoms with Crippen molar-refractivity contribution < 1.29 is 24.2 Å². The number of alkyl carbamates (subject to hydrolysis) is 1. The maximum atomic E-state index is 14.2. The Hall–Kier alpha value is -2.77. The number of hydrogen-bond donors (Lipinski definition) is 3. The first-order valence-corrected chi connectivity index (χ1v) is 13.8. The number of phenols is 1. The third kappa shape index (κ3) is 7.62. The lowest BCUT2D eigenvalue weighted by molar-refractivity contribution is -0.144. The Morgan fingerprint density at radius 2 is 1.76 bits per heavy atom. The number of nitrogens with one attached hydrogen (secondary N) is 2. The zero-order chi connectivity index (χ0) is 27.3. The van der Waals surface area contributed by atoms with Crippen LogP contribution in [-0.2, 0) is 14.3 Å². The first-order valence-electron chi connectivity index (χ1n) is 13.8. The summed E-state index contributed by atoms with van der Waals surface area (Å²) in [5.74, 6) is -0.778. The minimum atomic E-state index is -0.992. The Balaban J connectivity index is 1.99. The number of carbonyl (C=O) groups is 3. The molecule has 0 aromatic heterocycles. The summed E-state index contributed by atoms with van der Waals surface area (Å²) in [6, 6.07) is 3.36. The zero-order valence-corrected chi connectivity index (χ0v) is 23.3. The summed E-state index contributed by atoms with van der Waals surface area (Å²) in [5.41, 5.74) is 0.342. The van der Waals surface area contributed by atoms with Crippen molar-refractivity contribution in [2.24, 2.45) is 5.92 Å². The summed E-state index contributed by atoms with van der Waals surface area (Å²) in [5, 5.41) is 17.0. The summed E-state index contributed by atoms with van der Waals surface area (Å²) in [7, 11) is 0. The van der Waals surface area contributed by atoms with Crippen LogP contribution in [0.4, 0.5) is 4.79 Å². The number of para-hydroxylation sites is 1. The van der Waals surface area contributed by atoms with E-state index in [1.54, 1.807) is 50.8 Å². The molecule has 3 N–H and O–H groups in total. The summed E-state index contributed by atoms with van der Waals surface area (Å²) < 4.78 is 5.46. The van der Waals surface area contributed by atoms with Gasteiger partial charge in [0, 0.05) is 17.6 Å². The molecule has 1 aromatic rings. The van der Waals surface area contributed by atoms with Gasteiger partial charge in [0.2, 0.25) is 11.8 Å². The number of carbonyl (C=O) groups excluding carboxylic acids is 3. The van der Waals surface area contributed by atoms with Crippen molar-refractivity contribution in [2.75, 3.05) is 0 Å². The summed E-state index contributed by atoms with van der Waals surface area (Å²) >= 11 is 0. The van der Waals surface area contributed by atoms with Gasteiger partial charge in [0.1, 0.15) is 23.4 Å². The Bertz CT molecular complexity index is 963. The van der Waals surface area contributed by atoms with Gasteiger partial charge in [-0.15, -0.1) is 0 Å². The van der Waals surface area contributed by atoms with Crippen LogP contribution in [-0.4, -0.2) is 51.6 Å². The third-order valence-electron chi connectivity index (χ3n) is 7.39. The largest absolute Gasteiger partial charge is 0.507 e. The van der Waals surface area contributed by atoms with Crippen molar-refractivity contribution in [2.45, 2.75) is 123 Å². The minimum absolute atomic E-state index is 0.0185. The molecule has 37 heavy (non-hydrogen) atoms. The highest BCUT2D eigenvalue weighted by Crippen LogP contribution is 2.40. The SMILES string of the molecule is CCC(C)C(NC(=O)OC(C)(C)C)C(=O)N(C1CC1)C(C(=O)NC1CCCCC1)c1cccc(C)c1O. The molecule has 206 valence electrons. The fourth-order valence-corrected chi connectivity index (χ4v) is 5.00. The maximum Gasteiger partial charge on any atom is 0.408 e. The number of nitrogens with zero attached hydrogens (tertiary/aromatic N) is 1. The van der Waals surface area contributed by atoms with E-state index in [1.165, 1.54) is 0 Å². The Kier molecular flexibility index (Phi) is 9.48. The highest BCUT2D eigenvalue weighted by Gasteiger charge is 2.46. The molecule has 2 aliphatic rings. The summed E-state index contributed by atoms with van der Waals surface area (Å²) in [4.78, 5) is 42.5. The molecule has 0 aliphatic heterocycles. The monoisotopic (exact) mass is 515 g/mol. The van der Waals surface area contributed by atoms with Gasteiger partial charge in [-0.25, -0.2) is 4.79 Å². The lowest BCUT2D eigenvalue weighted by Crippen LogP contribution is -2.56. The molecule has 0 heterocycles. The Morgan fingerprint density at radius 1 is 1.11 bits per heavy atom. The van der Waals surface area contributed by atoms with E-state index in [0.717, 1.165) is 44.9 Å². The molecular formula is C29H45N3O5. The van der Waals surface area contributed by atoms with Crippen LogP contribution in [0.3, 0.4) is 0 Å². The molecule has 1 aromatic carbocycles. The molecule has 8 nitrogen and oxygen atoms in total. The van der Waals surface area contributed by atoms with Gasteiger partial charge in [-0.1, -0.05) is 57.7 Å². The highest BCUT2D eigenvalue weighted by molar-refractivity contribution is 5.93. The van der Waals surface area contributed by atoms with E-state index in [1.807, 2.05) is 13.8 Å². The molecule has 0 saturated heterocycles. The van der Waals surface area contributed by atoms with E-state index >= 15 is 0 Å². The van der Waals surface area contributed by atoms with E-state index in [0.29, 0.717) is 17.5 Å². The van der Waals surface area contributed by atoms with Gasteiger partial charge in [0.05, 0.1) is 0 Å². The maximum absolute atomic E-state index is 14.2. The van der Waals surface area contributed by atoms with Gasteiger partial charge in [0.15, 0.2) is 0 Å². The Labute approximate surface area is 221 Å². The molecule has 8 heteroatoms. The standard InChI is InChI=1S/C29H45N3O5/c1-7-18(2)23(31-28(36)37-29(4,5)6)27(35)32(21-16-17-21)24(22-15-11-12-19(3)25(22)33)26(34)30-20-13-9-8-10-14-20/h11-12,15,18,20-21,23-24,33H,7-10,13-14,16-17H2,1-6H3,(H,30,34)(H,31,36). The molecule has 0 spiro atoms. The van der Waals surface area contributed by atoms with Gasteiger partial charge in [-0.3, -0.25) is 9.59 Å². The molecule has 2 fully saturated rings. The molecule has 3 rings (SSSR count). The zero-order valence-electron chi connectivity index (χ0n) is 23.3. The molecule has 2 aliphatic carbocycles. The van der Waals surface area contributed by atoms with E-state index in [2.05, 4.69) is 10.6 Å². The molecule has 0 radical (unpaired) electrons. The topological polar surface area (TPSA) is 108 Å². The van der Waals surface area contributed by atoms with Crippen LogP contribution in [0, 0.1) is 12.8 Å². The van der Waals surface area contributed by atoms with Crippen molar-refractivity contribution in [1.82, 2.24) is 15.5 Å². The van der Waals surface area contributed by atoms with E-state index in [9.17, 15) is 19.5 Å². The quantitative estimate of drug-likeness (QED) is 0.423. The Morgan fingerprint density at radius 3 is 2.32 bits per heavy atom. The van der Waals surface area contributed by atoms with E-state index in [-0.39, 0.29) is 35.6 Å². The summed E-state index contributed by atoms with van der Waals surface area (Å²) in [6.45, 7) is 11.0. The van der Waals surface area contributed by atoms with Gasteiger partial charge < -0.3 is 25.4 Å². The lowest BCUT2D eigenvalue weighted by atomic mass is 9.93. The summed E-state index contributed by atoms with van der Waals surface area (Å²) in [6.07, 6.45) is 6.63. The van der Waals surface area contributed by atoms with Crippen molar-refractivity contribution in [3.05, 3.63) is 29.3 Å². The number of benzene rings is 1. The third-order valence-corrected chi connectivity index (χ3v) is 7.39. The van der Waals surface area contributed by atoms with E-state index in [4.69, 9.17) is 4.74 Å². The fraction of sp³-hybridized carbons (Fsp3) is 0.690. The molecule has 3 atom stereocenters. The molecule has 3 unspecified atom stereocenters. The van der Waals surface area contributed by atoms with Gasteiger partial charge in [0.25, 0.3) is 0 Å². The van der Waals surface area contributed by atoms with Crippen molar-refractivity contribution in [1.29, 1.82) is 0 Å². The van der Waals surface area contributed by atoms with Crippen molar-refractivity contribution in [3.63, 3.8) is 0 Å². The van der Waals surface area contributed by atoms with Crippen LogP contribution in [0.25, 0.3) is 0 Å². The molecule has 2 saturated carbocycles. The number of aryl methyl sites for hydroxylation is 1. The smallest absolute Gasteiger partial charge is 0.408 e. The van der Waals surface area contributed by atoms with Crippen LogP contribution >= 0.6 is 0 Å². The first kappa shape index (κ1) is 28.8. The number of phenolic OH excluding ortho intramolecular Hbond substituents is 1.